The van der Waals surface area contributed by atoms with Crippen molar-refractivity contribution in [3.8, 4) is 0 Å². The third kappa shape index (κ3) is 6.14. The van der Waals surface area contributed by atoms with E-state index in [0.717, 1.165) is 56.1 Å². The molecular weight excluding hydrogens is 412 g/mol. The lowest BCUT2D eigenvalue weighted by molar-refractivity contribution is 0.0672. The number of benzene rings is 2. The van der Waals surface area contributed by atoms with Gasteiger partial charge in [0.05, 0.1) is 6.61 Å². The zero-order chi connectivity index (χ0) is 23.2. The molecule has 0 spiro atoms. The Hall–Kier alpha value is -2.41. The van der Waals surface area contributed by atoms with E-state index >= 15 is 0 Å². The molecule has 2 saturated heterocycles. The van der Waals surface area contributed by atoms with Crippen LogP contribution in [0.5, 0.6) is 0 Å². The number of ether oxygens (including phenoxy) is 1. The molecular formula is C27H38N4O2. The molecule has 2 aliphatic heterocycles. The van der Waals surface area contributed by atoms with E-state index < -0.39 is 0 Å². The molecule has 0 atom stereocenters. The second kappa shape index (κ2) is 11.1. The van der Waals surface area contributed by atoms with Crippen molar-refractivity contribution in [1.29, 1.82) is 0 Å². The molecule has 1 amide bonds. The molecule has 1 N–H and O–H groups in total. The molecule has 0 saturated carbocycles. The lowest BCUT2D eigenvalue weighted by atomic mass is 10.0. The monoisotopic (exact) mass is 450 g/mol. The van der Waals surface area contributed by atoms with Crippen LogP contribution in [0.4, 0.5) is 11.4 Å². The van der Waals surface area contributed by atoms with E-state index in [1.807, 2.05) is 44.2 Å². The third-order valence-corrected chi connectivity index (χ3v) is 7.12. The number of piperazine rings is 1. The van der Waals surface area contributed by atoms with Crippen LogP contribution in [0.25, 0.3) is 0 Å². The van der Waals surface area contributed by atoms with Gasteiger partial charge in [0.15, 0.2) is 0 Å². The maximum atomic E-state index is 12.7. The Bertz CT molecular complexity index is 914. The van der Waals surface area contributed by atoms with E-state index in [1.54, 1.807) is 7.11 Å². The third-order valence-electron chi connectivity index (χ3n) is 7.12. The van der Waals surface area contributed by atoms with Gasteiger partial charge in [-0.3, -0.25) is 14.6 Å². The minimum Gasteiger partial charge on any atom is -0.383 e. The van der Waals surface area contributed by atoms with Crippen molar-refractivity contribution >= 4 is 17.3 Å². The molecule has 0 radical (unpaired) electrons. The van der Waals surface area contributed by atoms with Gasteiger partial charge < -0.3 is 15.0 Å². The fourth-order valence-electron chi connectivity index (χ4n) is 5.08. The molecule has 2 aromatic carbocycles. The van der Waals surface area contributed by atoms with Crippen LogP contribution in [-0.4, -0.2) is 81.3 Å². The largest absolute Gasteiger partial charge is 0.383 e. The first-order chi connectivity index (χ1) is 16.0. The average Bonchev–Trinajstić information content (AvgIpc) is 2.83. The summed E-state index contributed by atoms with van der Waals surface area (Å²) in [5.41, 5.74) is 4.98. The van der Waals surface area contributed by atoms with Gasteiger partial charge in [0, 0.05) is 75.9 Å². The second-order valence-electron chi connectivity index (χ2n) is 9.41. The molecule has 2 fully saturated rings. The summed E-state index contributed by atoms with van der Waals surface area (Å²) in [5.74, 6) is -0.0524. The van der Waals surface area contributed by atoms with E-state index in [9.17, 15) is 4.79 Å². The normalized spacial score (nSPS) is 18.5. The van der Waals surface area contributed by atoms with Gasteiger partial charge >= 0.3 is 0 Å². The summed E-state index contributed by atoms with van der Waals surface area (Å²) >= 11 is 0. The van der Waals surface area contributed by atoms with Crippen LogP contribution in [-0.2, 0) is 4.74 Å². The quantitative estimate of drug-likeness (QED) is 0.696. The molecule has 33 heavy (non-hydrogen) atoms. The number of aryl methyl sites for hydroxylation is 2. The second-order valence-corrected chi connectivity index (χ2v) is 9.41. The summed E-state index contributed by atoms with van der Waals surface area (Å²) in [6.07, 6.45) is 2.42. The molecule has 0 unspecified atom stereocenters. The first-order valence-corrected chi connectivity index (χ1v) is 12.2. The Morgan fingerprint density at radius 3 is 2.30 bits per heavy atom. The van der Waals surface area contributed by atoms with Gasteiger partial charge in [-0.15, -0.1) is 0 Å². The molecule has 2 heterocycles. The van der Waals surface area contributed by atoms with Crippen molar-refractivity contribution in [2.24, 2.45) is 0 Å². The number of hydrogen-bond acceptors (Lipinski definition) is 5. The summed E-state index contributed by atoms with van der Waals surface area (Å²) < 4.78 is 5.22. The van der Waals surface area contributed by atoms with Gasteiger partial charge in [-0.25, -0.2) is 0 Å². The number of carbonyl (C=O) groups is 1. The highest BCUT2D eigenvalue weighted by molar-refractivity contribution is 6.05. The summed E-state index contributed by atoms with van der Waals surface area (Å²) in [6.45, 7) is 12.7. The topological polar surface area (TPSA) is 48.1 Å². The maximum absolute atomic E-state index is 12.7. The maximum Gasteiger partial charge on any atom is 0.255 e. The van der Waals surface area contributed by atoms with Crippen molar-refractivity contribution in [3.05, 3.63) is 59.2 Å². The molecule has 6 heteroatoms. The van der Waals surface area contributed by atoms with Crippen LogP contribution in [0, 0.1) is 13.8 Å². The van der Waals surface area contributed by atoms with Crippen molar-refractivity contribution in [1.82, 2.24) is 9.80 Å². The van der Waals surface area contributed by atoms with E-state index in [2.05, 4.69) is 32.1 Å². The predicted octanol–water partition coefficient (Wildman–Crippen LogP) is 3.79. The molecule has 6 nitrogen and oxygen atoms in total. The highest BCUT2D eigenvalue weighted by atomic mass is 16.5. The summed E-state index contributed by atoms with van der Waals surface area (Å²) in [5, 5.41) is 3.04. The minimum absolute atomic E-state index is 0.0524. The Morgan fingerprint density at radius 1 is 0.970 bits per heavy atom. The number of hydrogen-bond donors (Lipinski definition) is 1. The number of piperidine rings is 1. The van der Waals surface area contributed by atoms with Gasteiger partial charge in [0.25, 0.3) is 5.91 Å². The molecule has 4 rings (SSSR count). The average molecular weight is 451 g/mol. The summed E-state index contributed by atoms with van der Waals surface area (Å²) in [7, 11) is 1.78. The van der Waals surface area contributed by atoms with Crippen LogP contribution < -0.4 is 10.2 Å². The van der Waals surface area contributed by atoms with Crippen molar-refractivity contribution < 1.29 is 9.53 Å². The number of rotatable bonds is 7. The van der Waals surface area contributed by atoms with E-state index in [-0.39, 0.29) is 5.91 Å². The number of carbonyl (C=O) groups excluding carboxylic acids is 1. The number of nitrogens with zero attached hydrogens (tertiary/aromatic N) is 3. The summed E-state index contributed by atoms with van der Waals surface area (Å²) in [6, 6.07) is 14.9. The predicted molar refractivity (Wildman–Crippen MR) is 135 cm³/mol. The molecule has 178 valence electrons. The lowest BCUT2D eigenvalue weighted by Gasteiger charge is -2.43. The number of amides is 1. The van der Waals surface area contributed by atoms with Crippen molar-refractivity contribution in [3.63, 3.8) is 0 Å². The Labute approximate surface area is 198 Å². The van der Waals surface area contributed by atoms with Crippen LogP contribution in [0.1, 0.15) is 34.3 Å². The van der Waals surface area contributed by atoms with Crippen molar-refractivity contribution in [2.75, 3.05) is 69.7 Å². The van der Waals surface area contributed by atoms with Crippen LogP contribution >= 0.6 is 0 Å². The summed E-state index contributed by atoms with van der Waals surface area (Å²) in [4.78, 5) is 20.3. The fraction of sp³-hybridized carbons (Fsp3) is 0.519. The zero-order valence-corrected chi connectivity index (χ0v) is 20.3. The standard InChI is InChI=1S/C27H38N4O2/c1-21-4-9-26(22(2)20-21)27(32)28-23-5-7-24(8-6-23)30-12-10-25(11-13-30)31-16-14-29(15-17-31)18-19-33-3/h4-9,20,25H,10-19H2,1-3H3,(H,28,32). The molecule has 2 aliphatic rings. The van der Waals surface area contributed by atoms with Gasteiger partial charge in [-0.05, 0) is 62.6 Å². The first kappa shape index (κ1) is 23.7. The number of methoxy groups -OCH3 is 1. The van der Waals surface area contributed by atoms with Crippen molar-refractivity contribution in [2.45, 2.75) is 32.7 Å². The van der Waals surface area contributed by atoms with E-state index in [0.29, 0.717) is 6.04 Å². The molecule has 2 aromatic rings. The smallest absolute Gasteiger partial charge is 0.255 e. The van der Waals surface area contributed by atoms with E-state index in [1.165, 1.54) is 37.2 Å². The zero-order valence-electron chi connectivity index (χ0n) is 20.3. The van der Waals surface area contributed by atoms with Crippen LogP contribution in [0.2, 0.25) is 0 Å². The molecule has 0 aromatic heterocycles. The van der Waals surface area contributed by atoms with Gasteiger partial charge in [-0.2, -0.15) is 0 Å². The molecule has 0 bridgehead atoms. The highest BCUT2D eigenvalue weighted by Gasteiger charge is 2.27. The minimum atomic E-state index is -0.0524. The first-order valence-electron chi connectivity index (χ1n) is 12.2. The van der Waals surface area contributed by atoms with Crippen LogP contribution in [0.15, 0.2) is 42.5 Å². The number of anilines is 2. The lowest BCUT2D eigenvalue weighted by Crippen LogP contribution is -2.53. The van der Waals surface area contributed by atoms with Gasteiger partial charge in [0.1, 0.15) is 0 Å². The van der Waals surface area contributed by atoms with Gasteiger partial charge in [-0.1, -0.05) is 17.7 Å². The Balaban J connectivity index is 1.25. The molecule has 0 aliphatic carbocycles. The van der Waals surface area contributed by atoms with E-state index in [4.69, 9.17) is 4.74 Å². The van der Waals surface area contributed by atoms with Crippen LogP contribution in [0.3, 0.4) is 0 Å². The van der Waals surface area contributed by atoms with Gasteiger partial charge in [0.2, 0.25) is 0 Å². The SMILES string of the molecule is COCCN1CCN(C2CCN(c3ccc(NC(=O)c4ccc(C)cc4C)cc3)CC2)CC1. The number of nitrogens with one attached hydrogen (secondary N) is 1. The Kier molecular flexibility index (Phi) is 8.02. The Morgan fingerprint density at radius 2 is 1.67 bits per heavy atom. The highest BCUT2D eigenvalue weighted by Crippen LogP contribution is 2.25. The fourth-order valence-corrected chi connectivity index (χ4v) is 5.08.